The third-order valence-corrected chi connectivity index (χ3v) is 3.23. The lowest BCUT2D eigenvalue weighted by atomic mass is 10.4. The third-order valence-electron chi connectivity index (χ3n) is 1.92. The Labute approximate surface area is 93.0 Å². The van der Waals surface area contributed by atoms with E-state index in [1.807, 2.05) is 26.8 Å². The standard InChI is InChI=1S/C10H17N3OS/c1-4-15(14)6-5-11-10-7-8(2)12-9(3)13-10/h7H,4-6H2,1-3H3,(H,11,12,13). The van der Waals surface area contributed by atoms with Crippen molar-refractivity contribution in [2.45, 2.75) is 20.8 Å². The minimum absolute atomic E-state index is 0.665. The lowest BCUT2D eigenvalue weighted by Crippen LogP contribution is -2.13. The molecule has 0 aliphatic heterocycles. The van der Waals surface area contributed by atoms with E-state index in [-0.39, 0.29) is 0 Å². The normalized spacial score (nSPS) is 12.5. The van der Waals surface area contributed by atoms with Gasteiger partial charge in [-0.2, -0.15) is 0 Å². The van der Waals surface area contributed by atoms with E-state index in [9.17, 15) is 4.21 Å². The lowest BCUT2D eigenvalue weighted by Gasteiger charge is -2.06. The second kappa shape index (κ2) is 5.80. The summed E-state index contributed by atoms with van der Waals surface area (Å²) < 4.78 is 11.2. The number of hydrogen-bond donors (Lipinski definition) is 1. The number of rotatable bonds is 5. The van der Waals surface area contributed by atoms with Crippen LogP contribution in [0.5, 0.6) is 0 Å². The summed E-state index contributed by atoms with van der Waals surface area (Å²) in [6.07, 6.45) is 0. The average molecular weight is 227 g/mol. The summed E-state index contributed by atoms with van der Waals surface area (Å²) in [5.74, 6) is 2.95. The van der Waals surface area contributed by atoms with Crippen LogP contribution >= 0.6 is 0 Å². The first-order chi connectivity index (χ1) is 7.11. The molecule has 1 aromatic rings. The monoisotopic (exact) mass is 227 g/mol. The van der Waals surface area contributed by atoms with E-state index in [2.05, 4.69) is 15.3 Å². The van der Waals surface area contributed by atoms with Gasteiger partial charge in [-0.3, -0.25) is 4.21 Å². The van der Waals surface area contributed by atoms with Crippen molar-refractivity contribution in [3.05, 3.63) is 17.6 Å². The zero-order chi connectivity index (χ0) is 11.3. The zero-order valence-electron chi connectivity index (χ0n) is 9.41. The number of hydrogen-bond acceptors (Lipinski definition) is 4. The van der Waals surface area contributed by atoms with E-state index in [1.54, 1.807) is 0 Å². The zero-order valence-corrected chi connectivity index (χ0v) is 10.2. The number of anilines is 1. The van der Waals surface area contributed by atoms with Crippen molar-refractivity contribution in [3.63, 3.8) is 0 Å². The smallest absolute Gasteiger partial charge is 0.129 e. The van der Waals surface area contributed by atoms with Crippen LogP contribution in [-0.4, -0.2) is 32.2 Å². The molecule has 0 spiro atoms. The molecule has 84 valence electrons. The van der Waals surface area contributed by atoms with E-state index in [4.69, 9.17) is 0 Å². The van der Waals surface area contributed by atoms with Crippen LogP contribution in [-0.2, 0) is 10.8 Å². The molecule has 0 aromatic carbocycles. The van der Waals surface area contributed by atoms with Crippen molar-refractivity contribution >= 4 is 16.6 Å². The Balaban J connectivity index is 2.47. The second-order valence-electron chi connectivity index (χ2n) is 3.30. The van der Waals surface area contributed by atoms with Crippen molar-refractivity contribution in [1.29, 1.82) is 0 Å². The Hall–Kier alpha value is -0.970. The van der Waals surface area contributed by atoms with Gasteiger partial charge in [-0.05, 0) is 13.8 Å². The molecule has 15 heavy (non-hydrogen) atoms. The molecule has 1 rings (SSSR count). The maximum absolute atomic E-state index is 11.2. The molecule has 0 aliphatic rings. The Morgan fingerprint density at radius 3 is 2.73 bits per heavy atom. The molecule has 0 saturated heterocycles. The van der Waals surface area contributed by atoms with Gasteiger partial charge in [-0.1, -0.05) is 6.92 Å². The molecule has 0 fully saturated rings. The van der Waals surface area contributed by atoms with Gasteiger partial charge in [0, 0.05) is 40.6 Å². The number of aromatic nitrogens is 2. The molecule has 0 saturated carbocycles. The summed E-state index contributed by atoms with van der Waals surface area (Å²) in [5, 5.41) is 3.15. The van der Waals surface area contributed by atoms with Crippen molar-refractivity contribution in [3.8, 4) is 0 Å². The molecule has 1 N–H and O–H groups in total. The maximum Gasteiger partial charge on any atom is 0.129 e. The highest BCUT2D eigenvalue weighted by Gasteiger charge is 1.99. The predicted molar refractivity (Wildman–Crippen MR) is 63.5 cm³/mol. The fourth-order valence-electron chi connectivity index (χ4n) is 1.24. The van der Waals surface area contributed by atoms with Crippen LogP contribution in [0.25, 0.3) is 0 Å². The SMILES string of the molecule is CCS(=O)CCNc1cc(C)nc(C)n1. The minimum Gasteiger partial charge on any atom is -0.369 e. The first-order valence-corrected chi connectivity index (χ1v) is 6.51. The molecule has 1 heterocycles. The molecular formula is C10H17N3OS. The number of aryl methyl sites for hydroxylation is 2. The molecule has 0 aliphatic carbocycles. The maximum atomic E-state index is 11.2. The fraction of sp³-hybridized carbons (Fsp3) is 0.600. The molecule has 4 nitrogen and oxygen atoms in total. The molecule has 0 radical (unpaired) electrons. The minimum atomic E-state index is -0.717. The highest BCUT2D eigenvalue weighted by molar-refractivity contribution is 7.84. The van der Waals surface area contributed by atoms with Crippen LogP contribution < -0.4 is 5.32 Å². The average Bonchev–Trinajstić information content (AvgIpc) is 2.16. The largest absolute Gasteiger partial charge is 0.369 e. The lowest BCUT2D eigenvalue weighted by molar-refractivity contribution is 0.684. The van der Waals surface area contributed by atoms with Crippen LogP contribution in [0, 0.1) is 13.8 Å². The fourth-order valence-corrected chi connectivity index (χ4v) is 1.86. The van der Waals surface area contributed by atoms with E-state index < -0.39 is 10.8 Å². The van der Waals surface area contributed by atoms with Gasteiger partial charge >= 0.3 is 0 Å². The molecule has 0 bridgehead atoms. The highest BCUT2D eigenvalue weighted by atomic mass is 32.2. The molecular weight excluding hydrogens is 210 g/mol. The highest BCUT2D eigenvalue weighted by Crippen LogP contribution is 2.04. The Morgan fingerprint density at radius 2 is 2.13 bits per heavy atom. The van der Waals surface area contributed by atoms with Crippen molar-refractivity contribution in [2.24, 2.45) is 0 Å². The van der Waals surface area contributed by atoms with Crippen molar-refractivity contribution in [1.82, 2.24) is 9.97 Å². The number of nitrogens with zero attached hydrogens (tertiary/aromatic N) is 2. The summed E-state index contributed by atoms with van der Waals surface area (Å²) in [6, 6.07) is 1.89. The van der Waals surface area contributed by atoms with E-state index in [0.29, 0.717) is 18.1 Å². The van der Waals surface area contributed by atoms with Gasteiger partial charge in [0.1, 0.15) is 11.6 Å². The van der Waals surface area contributed by atoms with E-state index >= 15 is 0 Å². The predicted octanol–water partition coefficient (Wildman–Crippen LogP) is 1.27. The van der Waals surface area contributed by atoms with Gasteiger partial charge in [0.05, 0.1) is 0 Å². The topological polar surface area (TPSA) is 54.9 Å². The molecule has 5 heteroatoms. The van der Waals surface area contributed by atoms with Gasteiger partial charge in [0.15, 0.2) is 0 Å². The van der Waals surface area contributed by atoms with Crippen LogP contribution in [0.2, 0.25) is 0 Å². The summed E-state index contributed by atoms with van der Waals surface area (Å²) in [6.45, 7) is 6.41. The first-order valence-electron chi connectivity index (χ1n) is 5.03. The van der Waals surface area contributed by atoms with E-state index in [1.165, 1.54) is 0 Å². The van der Waals surface area contributed by atoms with Crippen LogP contribution in [0.3, 0.4) is 0 Å². The summed E-state index contributed by atoms with van der Waals surface area (Å²) in [7, 11) is -0.717. The summed E-state index contributed by atoms with van der Waals surface area (Å²) in [4.78, 5) is 8.42. The Morgan fingerprint density at radius 1 is 1.40 bits per heavy atom. The van der Waals surface area contributed by atoms with Crippen molar-refractivity contribution < 1.29 is 4.21 Å². The number of nitrogens with one attached hydrogen (secondary N) is 1. The molecule has 1 atom stereocenters. The molecule has 1 unspecified atom stereocenters. The van der Waals surface area contributed by atoms with Gasteiger partial charge in [-0.25, -0.2) is 9.97 Å². The Kier molecular flexibility index (Phi) is 4.68. The van der Waals surface area contributed by atoms with Crippen LogP contribution in [0.15, 0.2) is 6.07 Å². The van der Waals surface area contributed by atoms with Gasteiger partial charge in [0.2, 0.25) is 0 Å². The molecule has 1 aromatic heterocycles. The quantitative estimate of drug-likeness (QED) is 0.823. The third kappa shape index (κ3) is 4.38. The molecule has 0 amide bonds. The van der Waals surface area contributed by atoms with Crippen LogP contribution in [0.4, 0.5) is 5.82 Å². The van der Waals surface area contributed by atoms with Crippen LogP contribution in [0.1, 0.15) is 18.4 Å². The summed E-state index contributed by atoms with van der Waals surface area (Å²) >= 11 is 0. The first kappa shape index (κ1) is 12.1. The van der Waals surface area contributed by atoms with Gasteiger partial charge in [0.25, 0.3) is 0 Å². The van der Waals surface area contributed by atoms with Gasteiger partial charge < -0.3 is 5.32 Å². The Bertz CT molecular complexity index is 334. The second-order valence-corrected chi connectivity index (χ2v) is 5.17. The summed E-state index contributed by atoms with van der Waals surface area (Å²) in [5.41, 5.74) is 0.946. The van der Waals surface area contributed by atoms with E-state index in [0.717, 1.165) is 17.3 Å². The van der Waals surface area contributed by atoms with Gasteiger partial charge in [-0.15, -0.1) is 0 Å². The van der Waals surface area contributed by atoms with Crippen molar-refractivity contribution in [2.75, 3.05) is 23.4 Å².